The molecule has 2 aromatic rings. The molecule has 0 bridgehead atoms. The second kappa shape index (κ2) is 5.37. The quantitative estimate of drug-likeness (QED) is 0.868. The number of nitrogens with one attached hydrogen (secondary N) is 1. The monoisotopic (exact) mass is 267 g/mol. The highest BCUT2D eigenvalue weighted by molar-refractivity contribution is 5.56. The van der Waals surface area contributed by atoms with Crippen molar-refractivity contribution in [1.82, 2.24) is 5.32 Å². The van der Waals surface area contributed by atoms with E-state index in [1.54, 1.807) is 0 Å². The minimum absolute atomic E-state index is 0.141. The van der Waals surface area contributed by atoms with E-state index >= 15 is 0 Å². The summed E-state index contributed by atoms with van der Waals surface area (Å²) < 4.78 is 5.94. The van der Waals surface area contributed by atoms with Gasteiger partial charge in [-0.1, -0.05) is 43.3 Å². The zero-order valence-corrected chi connectivity index (χ0v) is 11.4. The van der Waals surface area contributed by atoms with Gasteiger partial charge in [0.2, 0.25) is 6.41 Å². The number of ether oxygens (including phenoxy) is 1. The molecule has 20 heavy (non-hydrogen) atoms. The normalized spacial score (nSPS) is 16.4. The van der Waals surface area contributed by atoms with Crippen LogP contribution in [0, 0.1) is 0 Å². The molecular formula is C17H17NO2. The molecule has 0 spiro atoms. The van der Waals surface area contributed by atoms with Crippen LogP contribution < -0.4 is 10.1 Å². The van der Waals surface area contributed by atoms with Gasteiger partial charge in [-0.25, -0.2) is 0 Å². The van der Waals surface area contributed by atoms with Crippen LogP contribution in [0.2, 0.25) is 0 Å². The van der Waals surface area contributed by atoms with Crippen LogP contribution in [0.5, 0.6) is 5.75 Å². The van der Waals surface area contributed by atoms with Crippen molar-refractivity contribution >= 4 is 6.41 Å². The number of hydrogen-bond acceptors (Lipinski definition) is 2. The fourth-order valence-corrected chi connectivity index (χ4v) is 2.85. The summed E-state index contributed by atoms with van der Waals surface area (Å²) in [5, 5.41) is 2.95. The fraction of sp³-hybridized carbons (Fsp3) is 0.235. The van der Waals surface area contributed by atoms with Crippen LogP contribution in [-0.2, 0) is 17.8 Å². The Bertz CT molecular complexity index is 637. The number of rotatable bonds is 3. The molecule has 2 aromatic carbocycles. The molecule has 0 aromatic heterocycles. The predicted molar refractivity (Wildman–Crippen MR) is 77.6 cm³/mol. The van der Waals surface area contributed by atoms with Gasteiger partial charge in [0.05, 0.1) is 6.04 Å². The summed E-state index contributed by atoms with van der Waals surface area (Å²) in [6.07, 6.45) is 1.68. The average molecular weight is 267 g/mol. The number of fused-ring (bicyclic) bond motifs is 2. The van der Waals surface area contributed by atoms with E-state index in [1.165, 1.54) is 5.56 Å². The Kier molecular flexibility index (Phi) is 3.42. The molecule has 1 unspecified atom stereocenters. The molecule has 0 saturated carbocycles. The molecule has 1 N–H and O–H groups in total. The zero-order valence-electron chi connectivity index (χ0n) is 11.4. The maximum Gasteiger partial charge on any atom is 0.207 e. The first kappa shape index (κ1) is 12.7. The first-order chi connectivity index (χ1) is 9.85. The van der Waals surface area contributed by atoms with E-state index in [-0.39, 0.29) is 6.04 Å². The number of aryl methyl sites for hydroxylation is 1. The van der Waals surface area contributed by atoms with Crippen LogP contribution in [0.4, 0.5) is 0 Å². The SMILES string of the molecule is CCc1cccc2c1C(NC=O)c1ccccc1CO2. The Morgan fingerprint density at radius 2 is 2.10 bits per heavy atom. The smallest absolute Gasteiger partial charge is 0.207 e. The topological polar surface area (TPSA) is 38.3 Å². The minimum atomic E-state index is -0.141. The molecular weight excluding hydrogens is 250 g/mol. The number of carbonyl (C=O) groups excluding carboxylic acids is 1. The van der Waals surface area contributed by atoms with Crippen LogP contribution in [0.15, 0.2) is 42.5 Å². The number of carbonyl (C=O) groups is 1. The van der Waals surface area contributed by atoms with Crippen molar-refractivity contribution in [1.29, 1.82) is 0 Å². The third kappa shape index (κ3) is 2.05. The Hall–Kier alpha value is -2.29. The van der Waals surface area contributed by atoms with Crippen LogP contribution in [0.3, 0.4) is 0 Å². The lowest BCUT2D eigenvalue weighted by atomic mass is 9.91. The van der Waals surface area contributed by atoms with Crippen molar-refractivity contribution in [2.24, 2.45) is 0 Å². The Labute approximate surface area is 118 Å². The lowest BCUT2D eigenvalue weighted by molar-refractivity contribution is -0.110. The van der Waals surface area contributed by atoms with Crippen LogP contribution in [0.1, 0.15) is 35.2 Å². The Balaban J connectivity index is 2.22. The highest BCUT2D eigenvalue weighted by Crippen LogP contribution is 2.37. The van der Waals surface area contributed by atoms with Crippen molar-refractivity contribution in [2.45, 2.75) is 26.0 Å². The van der Waals surface area contributed by atoms with Gasteiger partial charge in [-0.3, -0.25) is 4.79 Å². The van der Waals surface area contributed by atoms with Crippen molar-refractivity contribution in [2.75, 3.05) is 0 Å². The van der Waals surface area contributed by atoms with Gasteiger partial charge in [-0.05, 0) is 29.2 Å². The Morgan fingerprint density at radius 1 is 1.25 bits per heavy atom. The van der Waals surface area contributed by atoms with Gasteiger partial charge in [0, 0.05) is 5.56 Å². The van der Waals surface area contributed by atoms with Crippen molar-refractivity contribution in [3.63, 3.8) is 0 Å². The molecule has 3 heteroatoms. The third-order valence-corrected chi connectivity index (χ3v) is 3.81. The zero-order chi connectivity index (χ0) is 13.9. The molecule has 3 rings (SSSR count). The molecule has 1 atom stereocenters. The molecule has 0 aliphatic carbocycles. The van der Waals surface area contributed by atoms with E-state index in [1.807, 2.05) is 30.3 Å². The summed E-state index contributed by atoms with van der Waals surface area (Å²) in [4.78, 5) is 11.1. The number of amides is 1. The predicted octanol–water partition coefficient (Wildman–Crippen LogP) is 2.98. The summed E-state index contributed by atoms with van der Waals surface area (Å²) in [7, 11) is 0. The van der Waals surface area contributed by atoms with Crippen molar-refractivity contribution in [3.05, 3.63) is 64.7 Å². The maximum atomic E-state index is 11.1. The molecule has 102 valence electrons. The third-order valence-electron chi connectivity index (χ3n) is 3.81. The summed E-state index contributed by atoms with van der Waals surface area (Å²) in [5.41, 5.74) is 4.51. The molecule has 0 fully saturated rings. The highest BCUT2D eigenvalue weighted by atomic mass is 16.5. The molecule has 3 nitrogen and oxygen atoms in total. The van der Waals surface area contributed by atoms with Gasteiger partial charge < -0.3 is 10.1 Å². The van der Waals surface area contributed by atoms with Crippen LogP contribution in [-0.4, -0.2) is 6.41 Å². The van der Waals surface area contributed by atoms with Crippen molar-refractivity contribution < 1.29 is 9.53 Å². The van der Waals surface area contributed by atoms with E-state index < -0.39 is 0 Å². The minimum Gasteiger partial charge on any atom is -0.489 e. The van der Waals surface area contributed by atoms with E-state index in [9.17, 15) is 4.79 Å². The van der Waals surface area contributed by atoms with E-state index in [0.717, 1.165) is 35.3 Å². The van der Waals surface area contributed by atoms with Gasteiger partial charge >= 0.3 is 0 Å². The standard InChI is InChI=1S/C17H17NO2/c1-2-12-7-5-9-15-16(12)17(18-11-19)14-8-4-3-6-13(14)10-20-15/h3-9,11,17H,2,10H2,1H3,(H,18,19). The second-order valence-corrected chi connectivity index (χ2v) is 4.89. The molecule has 1 heterocycles. The average Bonchev–Trinajstić information content (AvgIpc) is 2.65. The first-order valence-electron chi connectivity index (χ1n) is 6.87. The van der Waals surface area contributed by atoms with Gasteiger partial charge in [0.15, 0.2) is 0 Å². The first-order valence-corrected chi connectivity index (χ1v) is 6.87. The summed E-state index contributed by atoms with van der Waals surface area (Å²) in [6, 6.07) is 14.0. The summed E-state index contributed by atoms with van der Waals surface area (Å²) >= 11 is 0. The Morgan fingerprint density at radius 3 is 2.90 bits per heavy atom. The lowest BCUT2D eigenvalue weighted by Gasteiger charge is -2.21. The number of hydrogen-bond donors (Lipinski definition) is 1. The highest BCUT2D eigenvalue weighted by Gasteiger charge is 2.25. The van der Waals surface area contributed by atoms with E-state index in [0.29, 0.717) is 6.61 Å². The summed E-state index contributed by atoms with van der Waals surface area (Å²) in [5.74, 6) is 0.861. The molecule has 0 saturated heterocycles. The molecule has 1 aliphatic rings. The number of benzene rings is 2. The fourth-order valence-electron chi connectivity index (χ4n) is 2.85. The molecule has 0 radical (unpaired) electrons. The van der Waals surface area contributed by atoms with Crippen LogP contribution in [0.25, 0.3) is 0 Å². The van der Waals surface area contributed by atoms with E-state index in [4.69, 9.17) is 4.74 Å². The van der Waals surface area contributed by atoms with Crippen molar-refractivity contribution in [3.8, 4) is 5.75 Å². The lowest BCUT2D eigenvalue weighted by Crippen LogP contribution is -2.22. The van der Waals surface area contributed by atoms with Gasteiger partial charge in [0.1, 0.15) is 12.4 Å². The van der Waals surface area contributed by atoms with Gasteiger partial charge in [-0.15, -0.1) is 0 Å². The van der Waals surface area contributed by atoms with E-state index in [2.05, 4.69) is 24.4 Å². The largest absolute Gasteiger partial charge is 0.489 e. The second-order valence-electron chi connectivity index (χ2n) is 4.89. The maximum absolute atomic E-state index is 11.1. The van der Waals surface area contributed by atoms with Gasteiger partial charge in [0.25, 0.3) is 0 Å². The molecule has 1 aliphatic heterocycles. The molecule has 1 amide bonds. The van der Waals surface area contributed by atoms with Crippen LogP contribution >= 0.6 is 0 Å². The van der Waals surface area contributed by atoms with Gasteiger partial charge in [-0.2, -0.15) is 0 Å². The summed E-state index contributed by atoms with van der Waals surface area (Å²) in [6.45, 7) is 2.65.